The summed E-state index contributed by atoms with van der Waals surface area (Å²) in [6.45, 7) is 2.55. The van der Waals surface area contributed by atoms with Gasteiger partial charge in [-0.3, -0.25) is 4.90 Å². The van der Waals surface area contributed by atoms with E-state index in [1.165, 1.54) is 44.8 Å². The SMILES string of the molecule is Fc1ccccc1/C=C/CC1CCCN1CC1CC1. The molecule has 1 saturated heterocycles. The van der Waals surface area contributed by atoms with Crippen molar-refractivity contribution < 1.29 is 4.39 Å². The fourth-order valence-corrected chi connectivity index (χ4v) is 3.00. The molecule has 0 bridgehead atoms. The Hall–Kier alpha value is -1.15. The van der Waals surface area contributed by atoms with Gasteiger partial charge in [-0.05, 0) is 50.6 Å². The zero-order valence-electron chi connectivity index (χ0n) is 11.4. The molecule has 0 radical (unpaired) electrons. The topological polar surface area (TPSA) is 3.24 Å². The Morgan fingerprint density at radius 1 is 1.21 bits per heavy atom. The highest BCUT2D eigenvalue weighted by molar-refractivity contribution is 5.49. The molecule has 1 heterocycles. The van der Waals surface area contributed by atoms with Crippen molar-refractivity contribution >= 4 is 6.08 Å². The molecule has 2 aliphatic rings. The van der Waals surface area contributed by atoms with E-state index in [1.807, 2.05) is 18.2 Å². The monoisotopic (exact) mass is 259 g/mol. The standard InChI is InChI=1S/C17H22FN/c18-17-9-2-1-5-15(17)6-3-7-16-8-4-12-19(16)13-14-10-11-14/h1-3,5-6,9,14,16H,4,7-8,10-13H2/b6-3+. The van der Waals surface area contributed by atoms with Crippen LogP contribution in [0.15, 0.2) is 30.3 Å². The molecule has 2 fully saturated rings. The molecule has 19 heavy (non-hydrogen) atoms. The van der Waals surface area contributed by atoms with Crippen molar-refractivity contribution in [2.45, 2.75) is 38.1 Å². The number of hydrogen-bond acceptors (Lipinski definition) is 1. The maximum atomic E-state index is 13.5. The molecule has 1 aromatic rings. The normalized spacial score (nSPS) is 24.4. The molecule has 1 aliphatic heterocycles. The lowest BCUT2D eigenvalue weighted by Crippen LogP contribution is -2.30. The van der Waals surface area contributed by atoms with Crippen LogP contribution in [0.4, 0.5) is 4.39 Å². The minimum atomic E-state index is -0.125. The van der Waals surface area contributed by atoms with E-state index < -0.39 is 0 Å². The largest absolute Gasteiger partial charge is 0.300 e. The van der Waals surface area contributed by atoms with E-state index in [1.54, 1.807) is 6.07 Å². The number of hydrogen-bond donors (Lipinski definition) is 0. The molecule has 3 rings (SSSR count). The van der Waals surface area contributed by atoms with E-state index >= 15 is 0 Å². The van der Waals surface area contributed by atoms with E-state index in [2.05, 4.69) is 11.0 Å². The minimum Gasteiger partial charge on any atom is -0.300 e. The van der Waals surface area contributed by atoms with Crippen molar-refractivity contribution in [3.05, 3.63) is 41.7 Å². The van der Waals surface area contributed by atoms with Crippen molar-refractivity contribution in [3.63, 3.8) is 0 Å². The predicted molar refractivity (Wildman–Crippen MR) is 77.4 cm³/mol. The molecule has 0 aromatic heterocycles. The lowest BCUT2D eigenvalue weighted by molar-refractivity contribution is 0.245. The lowest BCUT2D eigenvalue weighted by atomic mass is 10.1. The molecule has 2 heteroatoms. The van der Waals surface area contributed by atoms with E-state index in [-0.39, 0.29) is 5.82 Å². The molecule has 1 unspecified atom stereocenters. The molecular weight excluding hydrogens is 237 g/mol. The van der Waals surface area contributed by atoms with Gasteiger partial charge >= 0.3 is 0 Å². The van der Waals surface area contributed by atoms with Gasteiger partial charge in [0.05, 0.1) is 0 Å². The fraction of sp³-hybridized carbons (Fsp3) is 0.529. The van der Waals surface area contributed by atoms with E-state index in [0.29, 0.717) is 11.6 Å². The van der Waals surface area contributed by atoms with Crippen LogP contribution in [0, 0.1) is 11.7 Å². The van der Waals surface area contributed by atoms with Crippen molar-refractivity contribution in [1.29, 1.82) is 0 Å². The zero-order chi connectivity index (χ0) is 13.1. The van der Waals surface area contributed by atoms with Gasteiger partial charge in [0, 0.05) is 18.2 Å². The van der Waals surface area contributed by atoms with Crippen LogP contribution >= 0.6 is 0 Å². The Balaban J connectivity index is 1.54. The van der Waals surface area contributed by atoms with E-state index in [4.69, 9.17) is 0 Å². The third kappa shape index (κ3) is 3.44. The summed E-state index contributed by atoms with van der Waals surface area (Å²) >= 11 is 0. The number of nitrogens with zero attached hydrogens (tertiary/aromatic N) is 1. The number of rotatable bonds is 5. The van der Waals surface area contributed by atoms with Gasteiger partial charge < -0.3 is 0 Å². The third-order valence-electron chi connectivity index (χ3n) is 4.30. The molecule has 1 nitrogen and oxygen atoms in total. The highest BCUT2D eigenvalue weighted by Crippen LogP contribution is 2.33. The summed E-state index contributed by atoms with van der Waals surface area (Å²) in [4.78, 5) is 2.64. The summed E-state index contributed by atoms with van der Waals surface area (Å²) in [5.41, 5.74) is 0.703. The molecule has 1 aliphatic carbocycles. The maximum absolute atomic E-state index is 13.5. The molecule has 0 amide bonds. The second kappa shape index (κ2) is 5.87. The van der Waals surface area contributed by atoms with Gasteiger partial charge in [-0.15, -0.1) is 0 Å². The van der Waals surface area contributed by atoms with Crippen LogP contribution in [-0.4, -0.2) is 24.0 Å². The van der Waals surface area contributed by atoms with E-state index in [9.17, 15) is 4.39 Å². The quantitative estimate of drug-likeness (QED) is 0.769. The number of halogens is 1. The van der Waals surface area contributed by atoms with Crippen molar-refractivity contribution in [3.8, 4) is 0 Å². The summed E-state index contributed by atoms with van der Waals surface area (Å²) in [6.07, 6.45) is 10.6. The number of benzene rings is 1. The second-order valence-corrected chi connectivity index (χ2v) is 5.89. The van der Waals surface area contributed by atoms with Gasteiger partial charge in [-0.25, -0.2) is 4.39 Å². The average molecular weight is 259 g/mol. The summed E-state index contributed by atoms with van der Waals surface area (Å²) in [5.74, 6) is 0.844. The van der Waals surface area contributed by atoms with Crippen molar-refractivity contribution in [1.82, 2.24) is 4.90 Å². The Labute approximate surface area is 115 Å². The minimum absolute atomic E-state index is 0.125. The lowest BCUT2D eigenvalue weighted by Gasteiger charge is -2.23. The fourth-order valence-electron chi connectivity index (χ4n) is 3.00. The van der Waals surface area contributed by atoms with Crippen LogP contribution in [0.3, 0.4) is 0 Å². The first-order valence-corrected chi connectivity index (χ1v) is 7.48. The van der Waals surface area contributed by atoms with Gasteiger partial charge in [0.2, 0.25) is 0 Å². The Morgan fingerprint density at radius 3 is 2.84 bits per heavy atom. The first-order chi connectivity index (χ1) is 9.33. The molecule has 0 spiro atoms. The smallest absolute Gasteiger partial charge is 0.130 e. The summed E-state index contributed by atoms with van der Waals surface area (Å²) in [6, 6.07) is 7.67. The second-order valence-electron chi connectivity index (χ2n) is 5.89. The summed E-state index contributed by atoms with van der Waals surface area (Å²) in [5, 5.41) is 0. The van der Waals surface area contributed by atoms with Crippen LogP contribution < -0.4 is 0 Å². The first kappa shape index (κ1) is 12.9. The molecule has 1 saturated carbocycles. The third-order valence-corrected chi connectivity index (χ3v) is 4.30. The first-order valence-electron chi connectivity index (χ1n) is 7.48. The zero-order valence-corrected chi connectivity index (χ0v) is 11.4. The van der Waals surface area contributed by atoms with Crippen LogP contribution in [0.5, 0.6) is 0 Å². The molecule has 102 valence electrons. The number of likely N-dealkylation sites (tertiary alicyclic amines) is 1. The molecule has 0 N–H and O–H groups in total. The van der Waals surface area contributed by atoms with Crippen LogP contribution in [0.2, 0.25) is 0 Å². The van der Waals surface area contributed by atoms with E-state index in [0.717, 1.165) is 12.3 Å². The van der Waals surface area contributed by atoms with Crippen LogP contribution in [0.25, 0.3) is 6.08 Å². The average Bonchev–Trinajstić information content (AvgIpc) is 3.12. The Kier molecular flexibility index (Phi) is 3.97. The van der Waals surface area contributed by atoms with Crippen LogP contribution in [0.1, 0.15) is 37.7 Å². The summed E-state index contributed by atoms with van der Waals surface area (Å²) < 4.78 is 13.5. The van der Waals surface area contributed by atoms with Gasteiger partial charge in [0.15, 0.2) is 0 Å². The van der Waals surface area contributed by atoms with Gasteiger partial charge in [-0.2, -0.15) is 0 Å². The molecule has 1 aromatic carbocycles. The molecule has 1 atom stereocenters. The highest BCUT2D eigenvalue weighted by atomic mass is 19.1. The Bertz CT molecular complexity index is 450. The molecular formula is C17H22FN. The predicted octanol–water partition coefficient (Wildman–Crippen LogP) is 4.10. The van der Waals surface area contributed by atoms with Gasteiger partial charge in [0.1, 0.15) is 5.82 Å². The summed E-state index contributed by atoms with van der Waals surface area (Å²) in [7, 11) is 0. The Morgan fingerprint density at radius 2 is 2.05 bits per heavy atom. The maximum Gasteiger partial charge on any atom is 0.130 e. The highest BCUT2D eigenvalue weighted by Gasteiger charge is 2.30. The van der Waals surface area contributed by atoms with Crippen molar-refractivity contribution in [2.24, 2.45) is 5.92 Å². The van der Waals surface area contributed by atoms with Crippen LogP contribution in [-0.2, 0) is 0 Å². The van der Waals surface area contributed by atoms with Crippen molar-refractivity contribution in [2.75, 3.05) is 13.1 Å². The van der Waals surface area contributed by atoms with Gasteiger partial charge in [0.25, 0.3) is 0 Å². The van der Waals surface area contributed by atoms with Gasteiger partial charge in [-0.1, -0.05) is 30.4 Å².